The second-order valence-electron chi connectivity index (χ2n) is 3.16. The number of aromatic nitrogens is 2. The van der Waals surface area contributed by atoms with Gasteiger partial charge in [-0.15, -0.1) is 0 Å². The summed E-state index contributed by atoms with van der Waals surface area (Å²) in [6.45, 7) is -4.94. The molecule has 0 saturated carbocycles. The Morgan fingerprint density at radius 2 is 2.07 bits per heavy atom. The maximum absolute atomic E-state index is 12.6. The molecule has 6 heteroatoms. The van der Waals surface area contributed by atoms with Crippen molar-refractivity contribution in [2.24, 2.45) is 7.05 Å². The van der Waals surface area contributed by atoms with Crippen LogP contribution >= 0.6 is 0 Å². The highest BCUT2D eigenvalue weighted by atomic mass is 19.4. The number of rotatable bonds is 1. The highest BCUT2D eigenvalue weighted by Crippen LogP contribution is 2.18. The van der Waals surface area contributed by atoms with Gasteiger partial charge in [0.05, 0.1) is 11.7 Å². The van der Waals surface area contributed by atoms with Crippen LogP contribution in [0.5, 0.6) is 0 Å². The zero-order valence-corrected chi connectivity index (χ0v) is 7.42. The molecule has 14 heavy (non-hydrogen) atoms. The van der Waals surface area contributed by atoms with Crippen molar-refractivity contribution in [3.05, 3.63) is 24.7 Å². The van der Waals surface area contributed by atoms with Gasteiger partial charge in [-0.3, -0.25) is 4.98 Å². The van der Waals surface area contributed by atoms with Gasteiger partial charge in [0.25, 0.3) is 0 Å². The van der Waals surface area contributed by atoms with E-state index in [0.29, 0.717) is 5.52 Å². The summed E-state index contributed by atoms with van der Waals surface area (Å²) in [7, 11) is 1.58. The molecule has 0 spiro atoms. The molecule has 0 radical (unpaired) electrons. The fourth-order valence-corrected chi connectivity index (χ4v) is 1.52. The summed E-state index contributed by atoms with van der Waals surface area (Å²) >= 11 is 0. The van der Waals surface area contributed by atoms with E-state index in [1.807, 2.05) is 0 Å². The van der Waals surface area contributed by atoms with Gasteiger partial charge in [-0.05, 0) is 17.6 Å². The molecular formula is C8H7BF3N2-. The van der Waals surface area contributed by atoms with Crippen LogP contribution in [0.15, 0.2) is 24.7 Å². The van der Waals surface area contributed by atoms with Crippen LogP contribution in [-0.2, 0) is 7.05 Å². The highest BCUT2D eigenvalue weighted by Gasteiger charge is 2.29. The SMILES string of the molecule is Cn1cc([B-](F)(F)F)c2ccncc21. The molecule has 2 heterocycles. The number of nitrogens with zero attached hydrogens (tertiary/aromatic N) is 2. The van der Waals surface area contributed by atoms with Crippen LogP contribution in [-0.4, -0.2) is 16.5 Å². The number of hydrogen-bond acceptors (Lipinski definition) is 1. The van der Waals surface area contributed by atoms with Crippen molar-refractivity contribution in [1.82, 2.24) is 9.55 Å². The van der Waals surface area contributed by atoms with Crippen molar-refractivity contribution in [2.45, 2.75) is 0 Å². The molecule has 0 saturated heterocycles. The Labute approximate surface area is 78.4 Å². The van der Waals surface area contributed by atoms with E-state index in [9.17, 15) is 12.9 Å². The average molecular weight is 199 g/mol. The fraction of sp³-hybridized carbons (Fsp3) is 0.125. The number of hydrogen-bond donors (Lipinski definition) is 0. The van der Waals surface area contributed by atoms with Gasteiger partial charge < -0.3 is 17.5 Å². The minimum Gasteiger partial charge on any atom is -0.445 e. The second kappa shape index (κ2) is 2.77. The number of aryl methyl sites for hydroxylation is 1. The van der Waals surface area contributed by atoms with Gasteiger partial charge in [-0.2, -0.15) is 0 Å². The van der Waals surface area contributed by atoms with E-state index in [0.717, 1.165) is 6.20 Å². The molecule has 2 rings (SSSR count). The Balaban J connectivity index is 2.80. The lowest BCUT2D eigenvalue weighted by Gasteiger charge is -2.12. The van der Waals surface area contributed by atoms with Gasteiger partial charge in [-0.25, -0.2) is 0 Å². The predicted molar refractivity (Wildman–Crippen MR) is 49.4 cm³/mol. The first-order valence-corrected chi connectivity index (χ1v) is 4.09. The van der Waals surface area contributed by atoms with E-state index in [-0.39, 0.29) is 5.39 Å². The Kier molecular flexibility index (Phi) is 1.80. The Morgan fingerprint density at radius 3 is 2.71 bits per heavy atom. The summed E-state index contributed by atoms with van der Waals surface area (Å²) in [5.74, 6) is 0. The zero-order chi connectivity index (χ0) is 10.3. The summed E-state index contributed by atoms with van der Waals surface area (Å²) in [6.07, 6.45) is 3.90. The van der Waals surface area contributed by atoms with Gasteiger partial charge in [-0.1, -0.05) is 5.46 Å². The lowest BCUT2D eigenvalue weighted by Crippen LogP contribution is -2.33. The van der Waals surface area contributed by atoms with Crippen molar-refractivity contribution in [3.8, 4) is 0 Å². The number of pyridine rings is 1. The van der Waals surface area contributed by atoms with Gasteiger partial charge in [0.15, 0.2) is 0 Å². The molecule has 0 aliphatic carbocycles. The normalized spacial score (nSPS) is 12.3. The molecule has 0 atom stereocenters. The average Bonchev–Trinajstić information content (AvgIpc) is 2.44. The van der Waals surface area contributed by atoms with E-state index in [1.165, 1.54) is 23.0 Å². The summed E-state index contributed by atoms with van der Waals surface area (Å²) in [5, 5.41) is 0.218. The van der Waals surface area contributed by atoms with Crippen molar-refractivity contribution in [3.63, 3.8) is 0 Å². The molecule has 74 valence electrons. The molecule has 0 bridgehead atoms. The van der Waals surface area contributed by atoms with Crippen LogP contribution in [0.25, 0.3) is 10.9 Å². The topological polar surface area (TPSA) is 17.8 Å². The first-order valence-electron chi connectivity index (χ1n) is 4.09. The van der Waals surface area contributed by atoms with E-state index < -0.39 is 12.4 Å². The predicted octanol–water partition coefficient (Wildman–Crippen LogP) is 1.63. The Morgan fingerprint density at radius 1 is 1.36 bits per heavy atom. The van der Waals surface area contributed by atoms with Crippen LogP contribution in [0.3, 0.4) is 0 Å². The van der Waals surface area contributed by atoms with Crippen molar-refractivity contribution in [2.75, 3.05) is 0 Å². The molecule has 0 aromatic carbocycles. The smallest absolute Gasteiger partial charge is 0.445 e. The van der Waals surface area contributed by atoms with Gasteiger partial charge in [0.1, 0.15) is 0 Å². The summed E-state index contributed by atoms with van der Waals surface area (Å²) < 4.78 is 39.1. The summed E-state index contributed by atoms with van der Waals surface area (Å²) in [5.41, 5.74) is -0.0494. The largest absolute Gasteiger partial charge is 0.511 e. The molecule has 0 unspecified atom stereocenters. The third kappa shape index (κ3) is 1.27. The third-order valence-corrected chi connectivity index (χ3v) is 2.18. The first kappa shape index (κ1) is 9.11. The van der Waals surface area contributed by atoms with Crippen LogP contribution in [0, 0.1) is 0 Å². The van der Waals surface area contributed by atoms with Crippen LogP contribution in [0.1, 0.15) is 0 Å². The van der Waals surface area contributed by atoms with E-state index in [4.69, 9.17) is 0 Å². The lowest BCUT2D eigenvalue weighted by atomic mass is 9.80. The standard InChI is InChI=1S/C8H7BF3N2/c1-14-5-7(9(10,11)12)6-2-3-13-4-8(6)14/h2-5H,1H3/q-1. The van der Waals surface area contributed by atoms with E-state index in [1.54, 1.807) is 7.05 Å². The van der Waals surface area contributed by atoms with Crippen LogP contribution in [0.2, 0.25) is 0 Å². The lowest BCUT2D eigenvalue weighted by molar-refractivity contribution is 0.501. The maximum Gasteiger partial charge on any atom is 0.511 e. The first-order chi connectivity index (χ1) is 6.50. The van der Waals surface area contributed by atoms with Gasteiger partial charge in [0.2, 0.25) is 0 Å². The molecule has 2 aromatic rings. The molecule has 0 amide bonds. The van der Waals surface area contributed by atoms with Gasteiger partial charge >= 0.3 is 6.98 Å². The van der Waals surface area contributed by atoms with E-state index >= 15 is 0 Å². The number of halogens is 3. The van der Waals surface area contributed by atoms with Gasteiger partial charge in [0, 0.05) is 13.2 Å². The molecule has 2 aromatic heterocycles. The molecule has 0 N–H and O–H groups in total. The van der Waals surface area contributed by atoms with Crippen molar-refractivity contribution in [1.29, 1.82) is 0 Å². The molecule has 0 aliphatic rings. The van der Waals surface area contributed by atoms with E-state index in [2.05, 4.69) is 4.98 Å². The zero-order valence-electron chi connectivity index (χ0n) is 7.42. The van der Waals surface area contributed by atoms with Crippen LogP contribution < -0.4 is 5.46 Å². The molecule has 0 aliphatic heterocycles. The Hall–Kier alpha value is -1.46. The fourth-order valence-electron chi connectivity index (χ4n) is 1.52. The summed E-state index contributed by atoms with van der Waals surface area (Å²) in [6, 6.07) is 1.39. The number of fused-ring (bicyclic) bond motifs is 1. The molecule has 2 nitrogen and oxygen atoms in total. The van der Waals surface area contributed by atoms with Crippen LogP contribution in [0.4, 0.5) is 12.9 Å². The molecular weight excluding hydrogens is 192 g/mol. The Bertz CT molecular complexity index is 475. The minimum absolute atomic E-state index is 0.218. The van der Waals surface area contributed by atoms with Crippen molar-refractivity contribution >= 4 is 23.3 Å². The minimum atomic E-state index is -4.94. The second-order valence-corrected chi connectivity index (χ2v) is 3.16. The highest BCUT2D eigenvalue weighted by molar-refractivity contribution is 6.76. The summed E-state index contributed by atoms with van der Waals surface area (Å²) in [4.78, 5) is 3.79. The quantitative estimate of drug-likeness (QED) is 0.638. The van der Waals surface area contributed by atoms with Crippen molar-refractivity contribution < 1.29 is 12.9 Å². The maximum atomic E-state index is 12.6. The third-order valence-electron chi connectivity index (χ3n) is 2.18. The molecule has 0 fully saturated rings. The monoisotopic (exact) mass is 199 g/mol.